The first kappa shape index (κ1) is 20.9. The molecule has 0 radical (unpaired) electrons. The lowest BCUT2D eigenvalue weighted by Gasteiger charge is -2.20. The first-order valence-electron chi connectivity index (χ1n) is 8.85. The van der Waals surface area contributed by atoms with Crippen molar-refractivity contribution in [2.24, 2.45) is 5.92 Å². The summed E-state index contributed by atoms with van der Waals surface area (Å²) < 4.78 is 27.6. The smallest absolute Gasteiger partial charge is 0.246 e. The van der Waals surface area contributed by atoms with Crippen LogP contribution in [0.3, 0.4) is 0 Å². The second-order valence-electron chi connectivity index (χ2n) is 6.54. The van der Waals surface area contributed by atoms with E-state index in [1.165, 1.54) is 18.0 Å². The van der Waals surface area contributed by atoms with E-state index in [-0.39, 0.29) is 17.9 Å². The minimum atomic E-state index is -1.25. The fraction of sp³-hybridized carbons (Fsp3) is 0.250. The van der Waals surface area contributed by atoms with Crippen molar-refractivity contribution in [1.29, 1.82) is 0 Å². The van der Waals surface area contributed by atoms with Gasteiger partial charge in [0.15, 0.2) is 11.6 Å². The lowest BCUT2D eigenvalue weighted by atomic mass is 10.0. The van der Waals surface area contributed by atoms with E-state index in [1.807, 2.05) is 6.07 Å². The molecular formula is C20H18BrF2N3O3. The summed E-state index contributed by atoms with van der Waals surface area (Å²) in [4.78, 5) is 39.2. The van der Waals surface area contributed by atoms with Crippen molar-refractivity contribution in [3.8, 4) is 0 Å². The second kappa shape index (κ2) is 8.69. The number of amides is 3. The molecule has 1 fully saturated rings. The van der Waals surface area contributed by atoms with Crippen LogP contribution in [-0.2, 0) is 14.4 Å². The maximum atomic E-state index is 13.6. The number of anilines is 1. The molecule has 2 atom stereocenters. The summed E-state index contributed by atoms with van der Waals surface area (Å²) in [5, 5.41) is 4.86. The third-order valence-electron chi connectivity index (χ3n) is 4.71. The Labute approximate surface area is 174 Å². The highest BCUT2D eigenvalue weighted by molar-refractivity contribution is 9.10. The molecule has 1 saturated heterocycles. The van der Waals surface area contributed by atoms with Crippen molar-refractivity contribution in [2.75, 3.05) is 18.5 Å². The van der Waals surface area contributed by atoms with Crippen LogP contribution in [0.2, 0.25) is 0 Å². The molecular weight excluding hydrogens is 448 g/mol. The minimum Gasteiger partial charge on any atom is -0.357 e. The number of nitrogens with zero attached hydrogens (tertiary/aromatic N) is 1. The Hall–Kier alpha value is -2.81. The monoisotopic (exact) mass is 465 g/mol. The Bertz CT molecular complexity index is 970. The molecule has 0 bridgehead atoms. The van der Waals surface area contributed by atoms with Crippen LogP contribution < -0.4 is 15.5 Å². The number of likely N-dealkylation sites (N-methyl/N-ethyl adjacent to an activating group) is 1. The lowest BCUT2D eigenvalue weighted by molar-refractivity contribution is -0.135. The van der Waals surface area contributed by atoms with Crippen molar-refractivity contribution in [3.63, 3.8) is 0 Å². The van der Waals surface area contributed by atoms with E-state index in [4.69, 9.17) is 0 Å². The molecule has 0 aliphatic carbocycles. The van der Waals surface area contributed by atoms with Crippen LogP contribution in [0, 0.1) is 17.6 Å². The van der Waals surface area contributed by atoms with Gasteiger partial charge in [-0.05, 0) is 42.3 Å². The van der Waals surface area contributed by atoms with Gasteiger partial charge in [-0.2, -0.15) is 0 Å². The van der Waals surface area contributed by atoms with Gasteiger partial charge in [-0.3, -0.25) is 14.4 Å². The Morgan fingerprint density at radius 2 is 1.93 bits per heavy atom. The molecule has 2 unspecified atom stereocenters. The third kappa shape index (κ3) is 4.45. The summed E-state index contributed by atoms with van der Waals surface area (Å²) in [5.74, 6) is -4.83. The minimum absolute atomic E-state index is 0.0749. The van der Waals surface area contributed by atoms with Gasteiger partial charge in [0.25, 0.3) is 0 Å². The molecule has 0 saturated carbocycles. The van der Waals surface area contributed by atoms with E-state index in [1.54, 1.807) is 18.2 Å². The van der Waals surface area contributed by atoms with Crippen molar-refractivity contribution in [2.45, 2.75) is 12.5 Å². The van der Waals surface area contributed by atoms with Gasteiger partial charge in [0.2, 0.25) is 17.7 Å². The Kier molecular flexibility index (Phi) is 6.26. The molecule has 3 rings (SSSR count). The zero-order chi connectivity index (χ0) is 21.1. The summed E-state index contributed by atoms with van der Waals surface area (Å²) in [5.41, 5.74) is 0.731. The number of carbonyl (C=O) groups is 3. The van der Waals surface area contributed by atoms with E-state index >= 15 is 0 Å². The molecule has 2 aromatic rings. The molecule has 0 spiro atoms. The fourth-order valence-corrected chi connectivity index (χ4v) is 3.59. The van der Waals surface area contributed by atoms with E-state index in [2.05, 4.69) is 26.6 Å². The Morgan fingerprint density at radius 1 is 1.17 bits per heavy atom. The van der Waals surface area contributed by atoms with Gasteiger partial charge in [0, 0.05) is 23.8 Å². The summed E-state index contributed by atoms with van der Waals surface area (Å²) >= 11 is 3.35. The van der Waals surface area contributed by atoms with Crippen molar-refractivity contribution >= 4 is 39.3 Å². The molecule has 29 heavy (non-hydrogen) atoms. The largest absolute Gasteiger partial charge is 0.357 e. The highest BCUT2D eigenvalue weighted by Crippen LogP contribution is 2.28. The molecule has 6 nitrogen and oxygen atoms in total. The molecule has 9 heteroatoms. The molecule has 1 aliphatic heterocycles. The SMILES string of the molecule is CNC(=O)C(NC(=O)C1CCN(c2cccc(Br)c2)C1=O)c1ccc(F)c(F)c1. The van der Waals surface area contributed by atoms with Crippen LogP contribution in [0.15, 0.2) is 46.9 Å². The predicted molar refractivity (Wildman–Crippen MR) is 106 cm³/mol. The topological polar surface area (TPSA) is 78.5 Å². The normalized spacial score (nSPS) is 17.2. The highest BCUT2D eigenvalue weighted by Gasteiger charge is 2.39. The standard InChI is InChI=1S/C20H18BrF2N3O3/c1-24-19(28)17(11-5-6-15(22)16(23)9-11)25-18(27)14-7-8-26(20(14)29)13-4-2-3-12(21)10-13/h2-6,9-10,14,17H,7-8H2,1H3,(H,24,28)(H,25,27). The van der Waals surface area contributed by atoms with Crippen LogP contribution in [0.1, 0.15) is 18.0 Å². The average Bonchev–Trinajstić information content (AvgIpc) is 3.09. The maximum Gasteiger partial charge on any atom is 0.246 e. The van der Waals surface area contributed by atoms with Crippen LogP contribution in [0.4, 0.5) is 14.5 Å². The average molecular weight is 466 g/mol. The zero-order valence-electron chi connectivity index (χ0n) is 15.4. The van der Waals surface area contributed by atoms with Gasteiger partial charge in [-0.15, -0.1) is 0 Å². The van der Waals surface area contributed by atoms with Crippen LogP contribution in [-0.4, -0.2) is 31.3 Å². The number of benzene rings is 2. The number of rotatable bonds is 5. The highest BCUT2D eigenvalue weighted by atomic mass is 79.9. The molecule has 0 aromatic heterocycles. The number of hydrogen-bond acceptors (Lipinski definition) is 3. The molecule has 2 N–H and O–H groups in total. The van der Waals surface area contributed by atoms with Gasteiger partial charge in [-0.25, -0.2) is 8.78 Å². The first-order chi connectivity index (χ1) is 13.8. The first-order valence-corrected chi connectivity index (χ1v) is 9.65. The number of carbonyl (C=O) groups excluding carboxylic acids is 3. The Balaban J connectivity index is 1.78. The van der Waals surface area contributed by atoms with Gasteiger partial charge in [0.05, 0.1) is 0 Å². The molecule has 2 aromatic carbocycles. The summed E-state index contributed by atoms with van der Waals surface area (Å²) in [6.07, 6.45) is 0.273. The predicted octanol–water partition coefficient (Wildman–Crippen LogP) is 2.68. The fourth-order valence-electron chi connectivity index (χ4n) is 3.20. The summed E-state index contributed by atoms with van der Waals surface area (Å²) in [6, 6.07) is 8.82. The summed E-state index contributed by atoms with van der Waals surface area (Å²) in [6.45, 7) is 0.350. The molecule has 3 amide bonds. The van der Waals surface area contributed by atoms with Crippen LogP contribution in [0.5, 0.6) is 0 Å². The van der Waals surface area contributed by atoms with Crippen LogP contribution in [0.25, 0.3) is 0 Å². The van der Waals surface area contributed by atoms with E-state index in [0.29, 0.717) is 12.2 Å². The van der Waals surface area contributed by atoms with Gasteiger partial charge in [0.1, 0.15) is 12.0 Å². The van der Waals surface area contributed by atoms with Crippen molar-refractivity contribution < 1.29 is 23.2 Å². The van der Waals surface area contributed by atoms with E-state index < -0.39 is 35.4 Å². The molecule has 1 heterocycles. The van der Waals surface area contributed by atoms with Crippen LogP contribution >= 0.6 is 15.9 Å². The van der Waals surface area contributed by atoms with Gasteiger partial charge >= 0.3 is 0 Å². The number of nitrogens with one attached hydrogen (secondary N) is 2. The van der Waals surface area contributed by atoms with Gasteiger partial charge < -0.3 is 15.5 Å². The van der Waals surface area contributed by atoms with E-state index in [0.717, 1.165) is 16.6 Å². The quantitative estimate of drug-likeness (QED) is 0.666. The van der Waals surface area contributed by atoms with Gasteiger partial charge in [-0.1, -0.05) is 28.1 Å². The number of halogens is 3. The number of hydrogen-bond donors (Lipinski definition) is 2. The van der Waals surface area contributed by atoms with Crippen molar-refractivity contribution in [3.05, 3.63) is 64.1 Å². The molecule has 1 aliphatic rings. The molecule has 152 valence electrons. The maximum absolute atomic E-state index is 13.6. The zero-order valence-corrected chi connectivity index (χ0v) is 17.0. The second-order valence-corrected chi connectivity index (χ2v) is 7.46. The third-order valence-corrected chi connectivity index (χ3v) is 5.21. The van der Waals surface area contributed by atoms with E-state index in [9.17, 15) is 23.2 Å². The lowest BCUT2D eigenvalue weighted by Crippen LogP contribution is -2.43. The Morgan fingerprint density at radius 3 is 2.59 bits per heavy atom. The summed E-state index contributed by atoms with van der Waals surface area (Å²) in [7, 11) is 1.36. The van der Waals surface area contributed by atoms with Crippen molar-refractivity contribution in [1.82, 2.24) is 10.6 Å².